The number of hydrogen-bond acceptors (Lipinski definition) is 4. The van der Waals surface area contributed by atoms with Crippen molar-refractivity contribution < 1.29 is 8.42 Å². The van der Waals surface area contributed by atoms with E-state index in [1.165, 1.54) is 0 Å². The Hall–Kier alpha value is -1.85. The monoisotopic (exact) mass is 194 g/mol. The highest BCUT2D eigenvalue weighted by Crippen LogP contribution is 1.79. The molecule has 0 saturated carbocycles. The molecule has 4 nitrogen and oxygen atoms in total. The van der Waals surface area contributed by atoms with Gasteiger partial charge in [0.15, 0.2) is 0 Å². The molecule has 0 saturated heterocycles. The van der Waals surface area contributed by atoms with Crippen molar-refractivity contribution in [1.82, 2.24) is 0 Å². The second kappa shape index (κ2) is 5.76. The predicted molar refractivity (Wildman–Crippen MR) is 46.6 cm³/mol. The molecule has 0 unspecified atom stereocenters. The third-order valence-corrected chi connectivity index (χ3v) is 1.39. The van der Waals surface area contributed by atoms with Crippen molar-refractivity contribution in [2.75, 3.05) is 0 Å². The highest BCUT2D eigenvalue weighted by Gasteiger charge is 2.01. The van der Waals surface area contributed by atoms with Crippen LogP contribution >= 0.6 is 0 Å². The first-order valence-corrected chi connectivity index (χ1v) is 4.67. The van der Waals surface area contributed by atoms with Gasteiger partial charge >= 0.3 is 9.84 Å². The van der Waals surface area contributed by atoms with Gasteiger partial charge < -0.3 is 0 Å². The van der Waals surface area contributed by atoms with Crippen molar-refractivity contribution in [3.8, 4) is 10.8 Å². The first-order chi connectivity index (χ1) is 6.12. The maximum absolute atomic E-state index is 9.65. The number of benzene rings is 1. The standard InChI is InChI=1S/C6H6.C2N2O2S/c1-2-4-6-5-3-1;3-1-7(5,6)2-4/h1-6H;. The van der Waals surface area contributed by atoms with Crippen LogP contribution in [-0.2, 0) is 9.84 Å². The van der Waals surface area contributed by atoms with Crippen LogP contribution in [0.15, 0.2) is 36.4 Å². The van der Waals surface area contributed by atoms with E-state index in [9.17, 15) is 8.42 Å². The van der Waals surface area contributed by atoms with Gasteiger partial charge in [0.2, 0.25) is 10.8 Å². The molecular weight excluding hydrogens is 188 g/mol. The Labute approximate surface area is 76.6 Å². The van der Waals surface area contributed by atoms with Crippen LogP contribution < -0.4 is 0 Å². The van der Waals surface area contributed by atoms with E-state index in [4.69, 9.17) is 10.5 Å². The zero-order valence-electron chi connectivity index (χ0n) is 6.58. The molecule has 0 atom stereocenters. The molecule has 0 aromatic heterocycles. The summed E-state index contributed by atoms with van der Waals surface area (Å²) in [5.74, 6) is 0. The zero-order chi connectivity index (χ0) is 10.2. The van der Waals surface area contributed by atoms with Crippen LogP contribution in [0.4, 0.5) is 0 Å². The van der Waals surface area contributed by atoms with Gasteiger partial charge in [-0.15, -0.1) is 0 Å². The summed E-state index contributed by atoms with van der Waals surface area (Å²) in [6, 6.07) is 12.0. The van der Waals surface area contributed by atoms with E-state index >= 15 is 0 Å². The Morgan fingerprint density at radius 1 is 0.769 bits per heavy atom. The van der Waals surface area contributed by atoms with E-state index in [0.717, 1.165) is 10.8 Å². The molecule has 0 bridgehead atoms. The van der Waals surface area contributed by atoms with Crippen molar-refractivity contribution in [3.63, 3.8) is 0 Å². The molecule has 0 spiro atoms. The largest absolute Gasteiger partial charge is 0.333 e. The van der Waals surface area contributed by atoms with Gasteiger partial charge in [0.25, 0.3) is 0 Å². The number of thiocyanates is 2. The fraction of sp³-hybridized carbons (Fsp3) is 0. The topological polar surface area (TPSA) is 81.7 Å². The summed E-state index contributed by atoms with van der Waals surface area (Å²) in [6.07, 6.45) is 0. The first-order valence-electron chi connectivity index (χ1n) is 3.19. The van der Waals surface area contributed by atoms with Gasteiger partial charge in [0.1, 0.15) is 0 Å². The summed E-state index contributed by atoms with van der Waals surface area (Å²) >= 11 is 0. The second-order valence-corrected chi connectivity index (χ2v) is 3.21. The van der Waals surface area contributed by atoms with Crippen LogP contribution in [0.5, 0.6) is 0 Å². The smallest absolute Gasteiger partial charge is 0.197 e. The van der Waals surface area contributed by atoms with Crippen LogP contribution in [0.3, 0.4) is 0 Å². The Balaban J connectivity index is 0.000000223. The summed E-state index contributed by atoms with van der Waals surface area (Å²) in [4.78, 5) is 0. The minimum absolute atomic E-state index is 0.802. The van der Waals surface area contributed by atoms with Gasteiger partial charge in [0.05, 0.1) is 0 Å². The number of rotatable bonds is 0. The normalized spacial score (nSPS) is 8.46. The lowest BCUT2D eigenvalue weighted by atomic mass is 10.4. The van der Waals surface area contributed by atoms with Gasteiger partial charge in [-0.05, 0) is 0 Å². The lowest BCUT2D eigenvalue weighted by molar-refractivity contribution is 0.614. The van der Waals surface area contributed by atoms with Crippen LogP contribution in [0.25, 0.3) is 0 Å². The van der Waals surface area contributed by atoms with E-state index < -0.39 is 9.84 Å². The fourth-order valence-corrected chi connectivity index (χ4v) is 0.446. The minimum atomic E-state index is -4.05. The van der Waals surface area contributed by atoms with E-state index in [1.807, 2.05) is 36.4 Å². The molecule has 5 heteroatoms. The predicted octanol–water partition coefficient (Wildman–Crippen LogP) is 1.05. The number of nitriles is 2. The third kappa shape index (κ3) is 6.54. The Morgan fingerprint density at radius 2 is 1.00 bits per heavy atom. The quantitative estimate of drug-likeness (QED) is 0.456. The summed E-state index contributed by atoms with van der Waals surface area (Å²) in [5.41, 5.74) is 0. The Morgan fingerprint density at radius 3 is 1.08 bits per heavy atom. The first kappa shape index (κ1) is 11.2. The van der Waals surface area contributed by atoms with Crippen molar-refractivity contribution in [1.29, 1.82) is 10.5 Å². The van der Waals surface area contributed by atoms with Crippen LogP contribution in [0.1, 0.15) is 0 Å². The van der Waals surface area contributed by atoms with Gasteiger partial charge in [-0.1, -0.05) is 36.4 Å². The molecule has 0 heterocycles. The molecule has 0 aliphatic carbocycles. The fourth-order valence-electron chi connectivity index (χ4n) is 0.405. The lowest BCUT2D eigenvalue weighted by Crippen LogP contribution is -1.85. The van der Waals surface area contributed by atoms with E-state index in [0.29, 0.717) is 0 Å². The number of sulfone groups is 1. The average Bonchev–Trinajstić information content (AvgIpc) is 2.21. The third-order valence-electron chi connectivity index (χ3n) is 0.907. The van der Waals surface area contributed by atoms with Crippen LogP contribution in [-0.4, -0.2) is 8.42 Å². The number of nitrogens with zero attached hydrogens (tertiary/aromatic N) is 2. The summed E-state index contributed by atoms with van der Waals surface area (Å²) in [5, 5.41) is 16.7. The Kier molecular flexibility index (Phi) is 4.94. The van der Waals surface area contributed by atoms with Crippen LogP contribution in [0, 0.1) is 21.3 Å². The molecule has 1 aromatic carbocycles. The van der Waals surface area contributed by atoms with Crippen molar-refractivity contribution in [2.24, 2.45) is 0 Å². The van der Waals surface area contributed by atoms with Gasteiger partial charge in [-0.2, -0.15) is 18.9 Å². The van der Waals surface area contributed by atoms with Gasteiger partial charge in [0, 0.05) is 0 Å². The Bertz CT molecular complexity index is 365. The highest BCUT2D eigenvalue weighted by molar-refractivity contribution is 8.00. The van der Waals surface area contributed by atoms with Crippen molar-refractivity contribution in [3.05, 3.63) is 36.4 Å². The maximum Gasteiger partial charge on any atom is 0.333 e. The zero-order valence-corrected chi connectivity index (χ0v) is 7.40. The molecular formula is C8H6N2O2S. The molecule has 0 N–H and O–H groups in total. The SMILES string of the molecule is N#CS(=O)(=O)C#N.c1ccccc1. The molecule has 1 aromatic rings. The van der Waals surface area contributed by atoms with Crippen LogP contribution in [0.2, 0.25) is 0 Å². The van der Waals surface area contributed by atoms with E-state index in [2.05, 4.69) is 0 Å². The molecule has 13 heavy (non-hydrogen) atoms. The summed E-state index contributed by atoms with van der Waals surface area (Å²) in [7, 11) is -4.05. The molecule has 0 radical (unpaired) electrons. The molecule has 66 valence electrons. The van der Waals surface area contributed by atoms with Crippen molar-refractivity contribution in [2.45, 2.75) is 0 Å². The summed E-state index contributed by atoms with van der Waals surface area (Å²) < 4.78 is 19.3. The average molecular weight is 194 g/mol. The molecule has 0 amide bonds. The number of hydrogen-bond donors (Lipinski definition) is 0. The van der Waals surface area contributed by atoms with Crippen molar-refractivity contribution >= 4 is 9.84 Å². The highest BCUT2D eigenvalue weighted by atomic mass is 32.2. The van der Waals surface area contributed by atoms with E-state index in [-0.39, 0.29) is 0 Å². The van der Waals surface area contributed by atoms with E-state index in [1.54, 1.807) is 0 Å². The molecule has 0 aliphatic heterocycles. The van der Waals surface area contributed by atoms with Gasteiger partial charge in [-0.25, -0.2) is 0 Å². The minimum Gasteiger partial charge on any atom is -0.197 e. The molecule has 0 aliphatic rings. The molecule has 1 rings (SSSR count). The second-order valence-electron chi connectivity index (χ2n) is 1.84. The maximum atomic E-state index is 9.65. The lowest BCUT2D eigenvalue weighted by Gasteiger charge is -1.69. The van der Waals surface area contributed by atoms with Gasteiger partial charge in [-0.3, -0.25) is 0 Å². The molecule has 0 fully saturated rings. The summed E-state index contributed by atoms with van der Waals surface area (Å²) in [6.45, 7) is 0.